The smallest absolute Gasteiger partial charge is 0.169 e. The van der Waals surface area contributed by atoms with Gasteiger partial charge in [0.1, 0.15) is 5.76 Å². The van der Waals surface area contributed by atoms with Gasteiger partial charge in [-0.2, -0.15) is 0 Å². The van der Waals surface area contributed by atoms with Crippen LogP contribution in [0.25, 0.3) is 0 Å². The molecule has 1 unspecified atom stereocenters. The third-order valence-electron chi connectivity index (χ3n) is 4.00. The molecule has 3 nitrogen and oxygen atoms in total. The quantitative estimate of drug-likeness (QED) is 0.840. The molecule has 112 valence electrons. The standard InChI is InChI=1S/C17H21BrN2O/c1-13(16-8-9-17(18)21-16)19-15-7-3-2-6-14(15)12-20-10-4-5-11-20/h2-3,6-9,13,19H,4-5,10-12H2,1H3. The highest BCUT2D eigenvalue weighted by atomic mass is 79.9. The van der Waals surface area contributed by atoms with E-state index in [0.717, 1.165) is 17.0 Å². The van der Waals surface area contributed by atoms with Gasteiger partial charge >= 0.3 is 0 Å². The molecule has 0 radical (unpaired) electrons. The molecule has 1 aliphatic rings. The Labute approximate surface area is 134 Å². The fourth-order valence-electron chi connectivity index (χ4n) is 2.85. The van der Waals surface area contributed by atoms with Gasteiger partial charge < -0.3 is 9.73 Å². The van der Waals surface area contributed by atoms with E-state index in [0.29, 0.717) is 0 Å². The molecule has 0 aliphatic carbocycles. The lowest BCUT2D eigenvalue weighted by atomic mass is 10.1. The molecule has 1 aliphatic heterocycles. The number of hydrogen-bond acceptors (Lipinski definition) is 3. The summed E-state index contributed by atoms with van der Waals surface area (Å²) in [5.74, 6) is 0.942. The molecule has 0 bridgehead atoms. The fourth-order valence-corrected chi connectivity index (χ4v) is 3.17. The summed E-state index contributed by atoms with van der Waals surface area (Å²) in [7, 11) is 0. The second-order valence-electron chi connectivity index (χ2n) is 5.65. The number of furan rings is 1. The summed E-state index contributed by atoms with van der Waals surface area (Å²) < 4.78 is 6.41. The van der Waals surface area contributed by atoms with Crippen LogP contribution in [-0.4, -0.2) is 18.0 Å². The number of halogens is 1. The molecular weight excluding hydrogens is 328 g/mol. The van der Waals surface area contributed by atoms with Crippen molar-refractivity contribution in [3.8, 4) is 0 Å². The molecule has 1 N–H and O–H groups in total. The van der Waals surface area contributed by atoms with Crippen molar-refractivity contribution >= 4 is 21.6 Å². The van der Waals surface area contributed by atoms with Gasteiger partial charge in [-0.15, -0.1) is 0 Å². The van der Waals surface area contributed by atoms with Crippen LogP contribution in [0.2, 0.25) is 0 Å². The van der Waals surface area contributed by atoms with Gasteiger partial charge in [-0.25, -0.2) is 0 Å². The van der Waals surface area contributed by atoms with Gasteiger partial charge in [-0.05, 0) is 72.5 Å². The third-order valence-corrected chi connectivity index (χ3v) is 4.43. The lowest BCUT2D eigenvalue weighted by molar-refractivity contribution is 0.332. The van der Waals surface area contributed by atoms with Crippen LogP contribution in [0, 0.1) is 0 Å². The average Bonchev–Trinajstić information content (AvgIpc) is 3.12. The van der Waals surface area contributed by atoms with Crippen LogP contribution in [0.15, 0.2) is 45.5 Å². The summed E-state index contributed by atoms with van der Waals surface area (Å²) in [4.78, 5) is 2.52. The number of anilines is 1. The Hall–Kier alpha value is -1.26. The summed E-state index contributed by atoms with van der Waals surface area (Å²) in [6.45, 7) is 5.58. The Balaban J connectivity index is 1.72. The monoisotopic (exact) mass is 348 g/mol. The van der Waals surface area contributed by atoms with E-state index in [4.69, 9.17) is 4.42 Å². The van der Waals surface area contributed by atoms with Crippen molar-refractivity contribution in [3.63, 3.8) is 0 Å². The van der Waals surface area contributed by atoms with E-state index >= 15 is 0 Å². The molecule has 2 aromatic rings. The number of hydrogen-bond donors (Lipinski definition) is 1. The highest BCUT2D eigenvalue weighted by Crippen LogP contribution is 2.26. The lowest BCUT2D eigenvalue weighted by Gasteiger charge is -2.20. The van der Waals surface area contributed by atoms with E-state index in [-0.39, 0.29) is 6.04 Å². The van der Waals surface area contributed by atoms with Crippen LogP contribution < -0.4 is 5.32 Å². The third kappa shape index (κ3) is 3.69. The van der Waals surface area contributed by atoms with Gasteiger partial charge in [-0.3, -0.25) is 4.90 Å². The largest absolute Gasteiger partial charge is 0.452 e. The van der Waals surface area contributed by atoms with E-state index in [2.05, 4.69) is 57.3 Å². The molecule has 3 rings (SSSR count). The molecule has 0 amide bonds. The minimum absolute atomic E-state index is 0.149. The molecule has 1 fully saturated rings. The van der Waals surface area contributed by atoms with Crippen LogP contribution in [0.4, 0.5) is 5.69 Å². The molecule has 1 atom stereocenters. The van der Waals surface area contributed by atoms with E-state index in [1.54, 1.807) is 0 Å². The van der Waals surface area contributed by atoms with E-state index in [1.807, 2.05) is 12.1 Å². The number of likely N-dealkylation sites (tertiary alicyclic amines) is 1. The number of rotatable bonds is 5. The summed E-state index contributed by atoms with van der Waals surface area (Å²) in [6.07, 6.45) is 2.65. The van der Waals surface area contributed by atoms with Crippen molar-refractivity contribution in [1.29, 1.82) is 0 Å². The Morgan fingerprint density at radius 1 is 1.19 bits per heavy atom. The summed E-state index contributed by atoms with van der Waals surface area (Å²) in [5.41, 5.74) is 2.56. The van der Waals surface area contributed by atoms with Crippen LogP contribution in [0.1, 0.15) is 37.1 Å². The first kappa shape index (κ1) is 14.7. The zero-order valence-electron chi connectivity index (χ0n) is 12.3. The van der Waals surface area contributed by atoms with Crippen molar-refractivity contribution in [2.24, 2.45) is 0 Å². The van der Waals surface area contributed by atoms with Crippen molar-refractivity contribution in [1.82, 2.24) is 4.90 Å². The number of para-hydroxylation sites is 1. The van der Waals surface area contributed by atoms with Crippen molar-refractivity contribution in [3.05, 3.63) is 52.4 Å². The van der Waals surface area contributed by atoms with Gasteiger partial charge in [0.2, 0.25) is 0 Å². The average molecular weight is 349 g/mol. The minimum atomic E-state index is 0.149. The predicted molar refractivity (Wildman–Crippen MR) is 89.4 cm³/mol. The molecule has 0 spiro atoms. The summed E-state index contributed by atoms with van der Waals surface area (Å²) in [5, 5.41) is 3.57. The first-order valence-corrected chi connectivity index (χ1v) is 8.34. The first-order chi connectivity index (χ1) is 10.2. The van der Waals surface area contributed by atoms with Crippen LogP contribution in [0.5, 0.6) is 0 Å². The van der Waals surface area contributed by atoms with Gasteiger partial charge in [-0.1, -0.05) is 18.2 Å². The Morgan fingerprint density at radius 3 is 2.67 bits per heavy atom. The normalized spacial score (nSPS) is 17.0. The maximum atomic E-state index is 5.63. The number of nitrogens with one attached hydrogen (secondary N) is 1. The van der Waals surface area contributed by atoms with E-state index < -0.39 is 0 Å². The van der Waals surface area contributed by atoms with Gasteiger partial charge in [0.15, 0.2) is 4.67 Å². The van der Waals surface area contributed by atoms with E-state index in [9.17, 15) is 0 Å². The Kier molecular flexibility index (Phi) is 4.66. The highest BCUT2D eigenvalue weighted by Gasteiger charge is 2.15. The zero-order chi connectivity index (χ0) is 14.7. The number of nitrogens with zero attached hydrogens (tertiary/aromatic N) is 1. The molecule has 0 saturated carbocycles. The maximum Gasteiger partial charge on any atom is 0.169 e. The molecule has 1 saturated heterocycles. The molecular formula is C17H21BrN2O. The van der Waals surface area contributed by atoms with Crippen LogP contribution in [-0.2, 0) is 6.54 Å². The van der Waals surface area contributed by atoms with Gasteiger partial charge in [0.05, 0.1) is 6.04 Å². The maximum absolute atomic E-state index is 5.63. The van der Waals surface area contributed by atoms with Crippen LogP contribution >= 0.6 is 15.9 Å². The van der Waals surface area contributed by atoms with Gasteiger partial charge in [0, 0.05) is 12.2 Å². The van der Waals surface area contributed by atoms with Gasteiger partial charge in [0.25, 0.3) is 0 Å². The van der Waals surface area contributed by atoms with Crippen molar-refractivity contribution in [2.75, 3.05) is 18.4 Å². The summed E-state index contributed by atoms with van der Waals surface area (Å²) >= 11 is 3.36. The first-order valence-electron chi connectivity index (χ1n) is 7.54. The molecule has 4 heteroatoms. The second-order valence-corrected chi connectivity index (χ2v) is 6.43. The van der Waals surface area contributed by atoms with Crippen molar-refractivity contribution < 1.29 is 4.42 Å². The molecule has 1 aromatic heterocycles. The second kappa shape index (κ2) is 6.67. The summed E-state index contributed by atoms with van der Waals surface area (Å²) in [6, 6.07) is 12.7. The highest BCUT2D eigenvalue weighted by molar-refractivity contribution is 9.10. The predicted octanol–water partition coefficient (Wildman–Crippen LogP) is 4.81. The lowest BCUT2D eigenvalue weighted by Crippen LogP contribution is -2.19. The molecule has 2 heterocycles. The topological polar surface area (TPSA) is 28.4 Å². The van der Waals surface area contributed by atoms with Crippen LogP contribution in [0.3, 0.4) is 0 Å². The fraction of sp³-hybridized carbons (Fsp3) is 0.412. The molecule has 21 heavy (non-hydrogen) atoms. The zero-order valence-corrected chi connectivity index (χ0v) is 13.9. The Bertz CT molecular complexity index is 590. The minimum Gasteiger partial charge on any atom is -0.452 e. The Morgan fingerprint density at radius 2 is 1.95 bits per heavy atom. The number of benzene rings is 1. The molecule has 1 aromatic carbocycles. The SMILES string of the molecule is CC(Nc1ccccc1CN1CCCC1)c1ccc(Br)o1. The van der Waals surface area contributed by atoms with Crippen molar-refractivity contribution in [2.45, 2.75) is 32.4 Å². The van der Waals surface area contributed by atoms with E-state index in [1.165, 1.54) is 37.2 Å².